The van der Waals surface area contributed by atoms with Crippen LogP contribution >= 0.6 is 11.6 Å². The molecule has 84 valence electrons. The summed E-state index contributed by atoms with van der Waals surface area (Å²) in [5.41, 5.74) is 0. The van der Waals surface area contributed by atoms with Crippen molar-refractivity contribution in [1.29, 1.82) is 0 Å². The number of hydrogen-bond donors (Lipinski definition) is 0. The highest BCUT2D eigenvalue weighted by Gasteiger charge is 2.64. The van der Waals surface area contributed by atoms with Crippen LogP contribution in [0.5, 0.6) is 0 Å². The molecule has 1 nitrogen and oxygen atoms in total. The molecule has 0 rings (SSSR count). The SMILES string of the molecule is C=C(Cl)[C@@](F)(OC(F)(F)F)C(F)(F)F. The predicted molar refractivity (Wildman–Crippen MR) is 32.0 cm³/mol. The summed E-state index contributed by atoms with van der Waals surface area (Å²) in [5.74, 6) is -5.13. The molecular weight excluding hydrogens is 244 g/mol. The zero-order valence-corrected chi connectivity index (χ0v) is 6.89. The number of hydrogen-bond acceptors (Lipinski definition) is 1. The molecular formula is C5H2ClF7O. The van der Waals surface area contributed by atoms with Gasteiger partial charge in [0.15, 0.2) is 0 Å². The van der Waals surface area contributed by atoms with E-state index in [9.17, 15) is 30.7 Å². The maximum Gasteiger partial charge on any atom is 0.525 e. The summed E-state index contributed by atoms with van der Waals surface area (Å²) in [5, 5.41) is -1.96. The van der Waals surface area contributed by atoms with Gasteiger partial charge in [-0.1, -0.05) is 18.2 Å². The lowest BCUT2D eigenvalue weighted by molar-refractivity contribution is -0.433. The second-order valence-electron chi connectivity index (χ2n) is 2.05. The zero-order chi connectivity index (χ0) is 11.8. The molecule has 9 heteroatoms. The Balaban J connectivity index is 5.04. The van der Waals surface area contributed by atoms with Gasteiger partial charge in [0.05, 0.1) is 5.03 Å². The maximum absolute atomic E-state index is 12.6. The smallest absolute Gasteiger partial charge is 0.241 e. The van der Waals surface area contributed by atoms with Crippen LogP contribution in [0, 0.1) is 0 Å². The zero-order valence-electron chi connectivity index (χ0n) is 6.14. The van der Waals surface area contributed by atoms with Gasteiger partial charge in [0.2, 0.25) is 0 Å². The molecule has 0 fully saturated rings. The Labute approximate surface area is 78.1 Å². The molecule has 0 spiro atoms. The summed E-state index contributed by atoms with van der Waals surface area (Å²) in [6, 6.07) is 0. The minimum absolute atomic E-state index is 1.96. The molecule has 0 unspecified atom stereocenters. The predicted octanol–water partition coefficient (Wildman–Crippen LogP) is 3.50. The number of rotatable bonds is 2. The molecule has 0 bridgehead atoms. The summed E-state index contributed by atoms with van der Waals surface area (Å²) < 4.78 is 84.2. The van der Waals surface area contributed by atoms with Crippen LogP contribution in [0.2, 0.25) is 0 Å². The van der Waals surface area contributed by atoms with Crippen molar-refractivity contribution in [3.05, 3.63) is 11.6 Å². The lowest BCUT2D eigenvalue weighted by Crippen LogP contribution is -2.47. The summed E-state index contributed by atoms with van der Waals surface area (Å²) in [7, 11) is 0. The Hall–Kier alpha value is -0.500. The standard InChI is InChI=1S/C5H2ClF7O/c1-2(6)3(7,4(8,9)10)14-5(11,12)13/h1H2/t3-/m1/s1. The van der Waals surface area contributed by atoms with Gasteiger partial charge in [-0.25, -0.2) is 4.74 Å². The molecule has 14 heavy (non-hydrogen) atoms. The van der Waals surface area contributed by atoms with Crippen molar-refractivity contribution < 1.29 is 35.5 Å². The van der Waals surface area contributed by atoms with Crippen LogP contribution in [-0.4, -0.2) is 18.4 Å². The van der Waals surface area contributed by atoms with Gasteiger partial charge in [-0.15, -0.1) is 13.2 Å². The summed E-state index contributed by atoms with van der Waals surface area (Å²) in [6.45, 7) is 2.22. The third-order valence-electron chi connectivity index (χ3n) is 0.970. The molecule has 0 aromatic heterocycles. The van der Waals surface area contributed by atoms with E-state index in [0.29, 0.717) is 0 Å². The second-order valence-corrected chi connectivity index (χ2v) is 2.50. The van der Waals surface area contributed by atoms with Crippen LogP contribution in [0.3, 0.4) is 0 Å². The van der Waals surface area contributed by atoms with Crippen molar-refractivity contribution in [2.24, 2.45) is 0 Å². The van der Waals surface area contributed by atoms with E-state index in [-0.39, 0.29) is 0 Å². The van der Waals surface area contributed by atoms with Crippen molar-refractivity contribution in [1.82, 2.24) is 0 Å². The summed E-state index contributed by atoms with van der Waals surface area (Å²) in [4.78, 5) is 0. The lowest BCUT2D eigenvalue weighted by Gasteiger charge is -2.27. The van der Waals surface area contributed by atoms with Crippen molar-refractivity contribution in [3.8, 4) is 0 Å². The van der Waals surface area contributed by atoms with E-state index >= 15 is 0 Å². The Bertz CT molecular complexity index is 231. The van der Waals surface area contributed by atoms with E-state index in [4.69, 9.17) is 0 Å². The van der Waals surface area contributed by atoms with Crippen molar-refractivity contribution in [3.63, 3.8) is 0 Å². The molecule has 0 radical (unpaired) electrons. The Morgan fingerprint density at radius 3 is 1.43 bits per heavy atom. The van der Waals surface area contributed by atoms with Gasteiger partial charge in [-0.3, -0.25) is 0 Å². The molecule has 0 aromatic rings. The Morgan fingerprint density at radius 2 is 1.36 bits per heavy atom. The highest BCUT2D eigenvalue weighted by molar-refractivity contribution is 6.30. The van der Waals surface area contributed by atoms with Crippen LogP contribution in [0.25, 0.3) is 0 Å². The molecule has 0 aliphatic rings. The van der Waals surface area contributed by atoms with E-state index in [2.05, 4.69) is 22.9 Å². The fraction of sp³-hybridized carbons (Fsp3) is 0.600. The fourth-order valence-corrected chi connectivity index (χ4v) is 0.572. The van der Waals surface area contributed by atoms with Crippen molar-refractivity contribution in [2.45, 2.75) is 18.4 Å². The molecule has 0 aromatic carbocycles. The molecule has 0 saturated heterocycles. The largest absolute Gasteiger partial charge is 0.525 e. The second kappa shape index (κ2) is 3.58. The first-order valence-electron chi connectivity index (χ1n) is 2.77. The van der Waals surface area contributed by atoms with E-state index in [1.807, 2.05) is 0 Å². The molecule has 0 saturated carbocycles. The van der Waals surface area contributed by atoms with Crippen LogP contribution in [0.15, 0.2) is 11.6 Å². The van der Waals surface area contributed by atoms with Crippen LogP contribution in [0.1, 0.15) is 0 Å². The average Bonchev–Trinajstić information content (AvgIpc) is 1.79. The fourth-order valence-electron chi connectivity index (χ4n) is 0.426. The number of alkyl halides is 7. The molecule has 0 aliphatic carbocycles. The van der Waals surface area contributed by atoms with Crippen molar-refractivity contribution >= 4 is 11.6 Å². The number of halogens is 8. The van der Waals surface area contributed by atoms with Gasteiger partial charge in [0.1, 0.15) is 0 Å². The van der Waals surface area contributed by atoms with Gasteiger partial charge in [-0.05, 0) is 0 Å². The molecule has 1 atom stereocenters. The average molecular weight is 247 g/mol. The van der Waals surface area contributed by atoms with Gasteiger partial charge in [-0.2, -0.15) is 17.6 Å². The third kappa shape index (κ3) is 3.02. The highest BCUT2D eigenvalue weighted by Crippen LogP contribution is 2.45. The lowest BCUT2D eigenvalue weighted by atomic mass is 10.3. The van der Waals surface area contributed by atoms with E-state index in [1.165, 1.54) is 0 Å². The van der Waals surface area contributed by atoms with E-state index in [0.717, 1.165) is 0 Å². The van der Waals surface area contributed by atoms with Crippen LogP contribution in [-0.2, 0) is 4.74 Å². The third-order valence-corrected chi connectivity index (χ3v) is 1.21. The van der Waals surface area contributed by atoms with Crippen LogP contribution in [0.4, 0.5) is 30.7 Å². The first-order valence-corrected chi connectivity index (χ1v) is 3.15. The van der Waals surface area contributed by atoms with E-state index in [1.54, 1.807) is 0 Å². The minimum Gasteiger partial charge on any atom is -0.241 e. The van der Waals surface area contributed by atoms with Gasteiger partial charge in [0.25, 0.3) is 0 Å². The Morgan fingerprint density at radius 1 is 1.00 bits per heavy atom. The molecule has 0 heterocycles. The first-order chi connectivity index (χ1) is 5.90. The van der Waals surface area contributed by atoms with Gasteiger partial charge < -0.3 is 0 Å². The minimum atomic E-state index is -5.96. The van der Waals surface area contributed by atoms with Crippen molar-refractivity contribution in [2.75, 3.05) is 0 Å². The van der Waals surface area contributed by atoms with Gasteiger partial charge >= 0.3 is 18.4 Å². The molecule has 0 N–H and O–H groups in total. The monoisotopic (exact) mass is 246 g/mol. The van der Waals surface area contributed by atoms with Crippen LogP contribution < -0.4 is 0 Å². The maximum atomic E-state index is 12.6. The topological polar surface area (TPSA) is 9.23 Å². The first kappa shape index (κ1) is 13.5. The van der Waals surface area contributed by atoms with Gasteiger partial charge in [0, 0.05) is 0 Å². The van der Waals surface area contributed by atoms with E-state index < -0.39 is 23.4 Å². The molecule has 0 aliphatic heterocycles. The normalized spacial score (nSPS) is 17.7. The highest BCUT2D eigenvalue weighted by atomic mass is 35.5. The number of ether oxygens (including phenoxy) is 1. The quantitative estimate of drug-likeness (QED) is 0.678. The summed E-state index contributed by atoms with van der Waals surface area (Å²) >= 11 is 4.46. The molecule has 0 amide bonds. The summed E-state index contributed by atoms with van der Waals surface area (Å²) in [6.07, 6.45) is -11.8. The Kier molecular flexibility index (Phi) is 3.45.